The van der Waals surface area contributed by atoms with Gasteiger partial charge in [0.25, 0.3) is 10.1 Å². The fourth-order valence-corrected chi connectivity index (χ4v) is 3.69. The van der Waals surface area contributed by atoms with Gasteiger partial charge in [-0.1, -0.05) is 65.7 Å². The van der Waals surface area contributed by atoms with Gasteiger partial charge in [0.2, 0.25) is 0 Å². The van der Waals surface area contributed by atoms with Crippen LogP contribution in [0, 0.1) is 6.92 Å². The summed E-state index contributed by atoms with van der Waals surface area (Å²) in [7, 11) is -4.20. The molecule has 0 saturated carbocycles. The Kier molecular flexibility index (Phi) is 9.51. The van der Waals surface area contributed by atoms with E-state index in [9.17, 15) is 13.0 Å². The van der Waals surface area contributed by atoms with Gasteiger partial charge in [-0.2, -0.15) is 8.42 Å². The molecule has 0 aliphatic heterocycles. The van der Waals surface area contributed by atoms with Crippen molar-refractivity contribution in [3.8, 4) is 5.75 Å². The van der Waals surface area contributed by atoms with E-state index in [1.807, 2.05) is 13.8 Å². The number of hydrogen-bond donors (Lipinski definition) is 1. The molecule has 0 amide bonds. The average Bonchev–Trinajstić information content (AvgIpc) is 2.51. The molecule has 4 nitrogen and oxygen atoms in total. The van der Waals surface area contributed by atoms with Crippen LogP contribution in [0.15, 0.2) is 17.0 Å². The minimum absolute atomic E-state index is 0.0318. The molecule has 0 spiro atoms. The molecule has 0 saturated heterocycles. The van der Waals surface area contributed by atoms with Crippen molar-refractivity contribution in [3.63, 3.8) is 0 Å². The second-order valence-electron chi connectivity index (χ2n) is 7.11. The van der Waals surface area contributed by atoms with Crippen molar-refractivity contribution >= 4 is 10.1 Å². The van der Waals surface area contributed by atoms with Crippen molar-refractivity contribution in [2.75, 3.05) is 6.61 Å². The van der Waals surface area contributed by atoms with Crippen molar-refractivity contribution in [1.82, 2.24) is 0 Å². The largest absolute Gasteiger partial charge is 0.493 e. The van der Waals surface area contributed by atoms with Gasteiger partial charge in [0, 0.05) is 0 Å². The molecule has 0 aliphatic carbocycles. The van der Waals surface area contributed by atoms with E-state index < -0.39 is 10.1 Å². The number of hydrogen-bond acceptors (Lipinski definition) is 3. The van der Waals surface area contributed by atoms with Gasteiger partial charge in [-0.25, -0.2) is 0 Å². The maximum Gasteiger partial charge on any atom is 0.294 e. The molecule has 25 heavy (non-hydrogen) atoms. The number of ether oxygens (including phenoxy) is 1. The molecule has 0 aliphatic rings. The molecular weight excluding hydrogens is 336 g/mol. The van der Waals surface area contributed by atoms with Crippen LogP contribution in [-0.4, -0.2) is 19.6 Å². The second kappa shape index (κ2) is 10.8. The summed E-state index contributed by atoms with van der Waals surface area (Å²) in [5.74, 6) is 0.845. The van der Waals surface area contributed by atoms with Crippen LogP contribution in [0.5, 0.6) is 5.75 Å². The quantitative estimate of drug-likeness (QED) is 0.368. The normalized spacial score (nSPS) is 11.9. The van der Waals surface area contributed by atoms with E-state index in [0.717, 1.165) is 24.2 Å². The summed E-state index contributed by atoms with van der Waals surface area (Å²) in [6.07, 6.45) is 9.97. The minimum Gasteiger partial charge on any atom is -0.493 e. The molecule has 1 aromatic rings. The summed E-state index contributed by atoms with van der Waals surface area (Å²) in [5.41, 5.74) is 1.33. The predicted octanol–water partition coefficient (Wildman–Crippen LogP) is 5.88. The van der Waals surface area contributed by atoms with E-state index in [1.54, 1.807) is 19.1 Å². The summed E-state index contributed by atoms with van der Waals surface area (Å²) >= 11 is 0. The predicted molar refractivity (Wildman–Crippen MR) is 103 cm³/mol. The Morgan fingerprint density at radius 1 is 1.00 bits per heavy atom. The molecule has 0 heterocycles. The van der Waals surface area contributed by atoms with E-state index in [4.69, 9.17) is 4.74 Å². The third-order valence-corrected chi connectivity index (χ3v) is 5.46. The van der Waals surface area contributed by atoms with Crippen molar-refractivity contribution < 1.29 is 17.7 Å². The summed E-state index contributed by atoms with van der Waals surface area (Å²) in [6.45, 7) is 8.52. The van der Waals surface area contributed by atoms with Crippen LogP contribution in [0.3, 0.4) is 0 Å². The molecule has 0 atom stereocenters. The lowest BCUT2D eigenvalue weighted by atomic mass is 10.0. The van der Waals surface area contributed by atoms with Crippen LogP contribution >= 0.6 is 0 Å². The Balaban J connectivity index is 2.54. The third kappa shape index (κ3) is 7.78. The second-order valence-corrected chi connectivity index (χ2v) is 8.50. The van der Waals surface area contributed by atoms with E-state index in [2.05, 4.69) is 6.92 Å². The lowest BCUT2D eigenvalue weighted by Crippen LogP contribution is -2.07. The first-order valence-electron chi connectivity index (χ1n) is 9.52. The van der Waals surface area contributed by atoms with Crippen LogP contribution in [0.4, 0.5) is 0 Å². The monoisotopic (exact) mass is 370 g/mol. The van der Waals surface area contributed by atoms with Gasteiger partial charge in [0.15, 0.2) is 0 Å². The molecule has 144 valence electrons. The third-order valence-electron chi connectivity index (χ3n) is 4.46. The SMILES string of the molecule is CCCCCCCCCCOc1cc(C)c(S(=O)(=O)O)cc1C(C)C. The Hall–Kier alpha value is -1.07. The highest BCUT2D eigenvalue weighted by atomic mass is 32.2. The number of rotatable bonds is 12. The first kappa shape index (κ1) is 22.0. The first-order chi connectivity index (χ1) is 11.8. The number of benzene rings is 1. The van der Waals surface area contributed by atoms with Crippen LogP contribution in [0.2, 0.25) is 0 Å². The summed E-state index contributed by atoms with van der Waals surface area (Å²) in [4.78, 5) is -0.0318. The Labute approximate surface area is 153 Å². The van der Waals surface area contributed by atoms with Gasteiger partial charge in [0.1, 0.15) is 5.75 Å². The van der Waals surface area contributed by atoms with E-state index in [1.165, 1.54) is 38.5 Å². The summed E-state index contributed by atoms with van der Waals surface area (Å²) < 4.78 is 38.2. The molecule has 5 heteroatoms. The molecule has 0 bridgehead atoms. The van der Waals surface area contributed by atoms with Crippen molar-refractivity contribution in [3.05, 3.63) is 23.3 Å². The average molecular weight is 371 g/mol. The van der Waals surface area contributed by atoms with Gasteiger partial charge in [-0.15, -0.1) is 0 Å². The van der Waals surface area contributed by atoms with Crippen LogP contribution in [-0.2, 0) is 10.1 Å². The molecule has 1 N–H and O–H groups in total. The molecular formula is C20H34O4S. The fraction of sp³-hybridized carbons (Fsp3) is 0.700. The standard InChI is InChI=1S/C20H34O4S/c1-5-6-7-8-9-10-11-12-13-24-19-14-17(4)20(25(21,22)23)15-18(19)16(2)3/h14-16H,5-13H2,1-4H3,(H,21,22,23). The molecule has 1 aromatic carbocycles. The van der Waals surface area contributed by atoms with Gasteiger partial charge >= 0.3 is 0 Å². The maximum atomic E-state index is 11.5. The highest BCUT2D eigenvalue weighted by Gasteiger charge is 2.18. The van der Waals surface area contributed by atoms with Crippen LogP contribution in [0.1, 0.15) is 89.2 Å². The topological polar surface area (TPSA) is 63.6 Å². The van der Waals surface area contributed by atoms with Crippen LogP contribution in [0.25, 0.3) is 0 Å². The van der Waals surface area contributed by atoms with Crippen molar-refractivity contribution in [2.24, 2.45) is 0 Å². The van der Waals surface area contributed by atoms with Gasteiger partial charge in [0.05, 0.1) is 11.5 Å². The zero-order valence-electron chi connectivity index (χ0n) is 16.2. The molecule has 0 radical (unpaired) electrons. The minimum atomic E-state index is -4.20. The number of aryl methyl sites for hydroxylation is 1. The summed E-state index contributed by atoms with van der Waals surface area (Å²) in [6, 6.07) is 3.27. The van der Waals surface area contributed by atoms with Gasteiger partial charge in [-0.3, -0.25) is 4.55 Å². The molecule has 0 unspecified atom stereocenters. The lowest BCUT2D eigenvalue weighted by Gasteiger charge is -2.17. The highest BCUT2D eigenvalue weighted by Crippen LogP contribution is 2.32. The van der Waals surface area contributed by atoms with Gasteiger partial charge < -0.3 is 4.74 Å². The van der Waals surface area contributed by atoms with Gasteiger partial charge in [-0.05, 0) is 42.5 Å². The highest BCUT2D eigenvalue weighted by molar-refractivity contribution is 7.85. The molecule has 1 rings (SSSR count). The van der Waals surface area contributed by atoms with E-state index >= 15 is 0 Å². The Morgan fingerprint density at radius 3 is 2.08 bits per heavy atom. The smallest absolute Gasteiger partial charge is 0.294 e. The van der Waals surface area contributed by atoms with Crippen molar-refractivity contribution in [1.29, 1.82) is 0 Å². The molecule has 0 fully saturated rings. The number of unbranched alkanes of at least 4 members (excludes halogenated alkanes) is 7. The maximum absolute atomic E-state index is 11.5. The van der Waals surface area contributed by atoms with E-state index in [-0.39, 0.29) is 10.8 Å². The summed E-state index contributed by atoms with van der Waals surface area (Å²) in [5, 5.41) is 0. The first-order valence-corrected chi connectivity index (χ1v) is 11.0. The van der Waals surface area contributed by atoms with E-state index in [0.29, 0.717) is 12.2 Å². The fourth-order valence-electron chi connectivity index (χ4n) is 2.95. The Bertz CT molecular complexity index is 621. The van der Waals surface area contributed by atoms with Crippen molar-refractivity contribution in [2.45, 2.75) is 89.9 Å². The Morgan fingerprint density at radius 2 is 1.56 bits per heavy atom. The zero-order valence-corrected chi connectivity index (χ0v) is 17.0. The lowest BCUT2D eigenvalue weighted by molar-refractivity contribution is 0.300. The zero-order chi connectivity index (χ0) is 18.9. The van der Waals surface area contributed by atoms with Crippen LogP contribution < -0.4 is 4.74 Å². The molecule has 0 aromatic heterocycles.